The number of benzodiazepines with no additional fused rings is 1. The Morgan fingerprint density at radius 3 is 2.37 bits per heavy atom. The maximum absolute atomic E-state index is 6.11. The van der Waals surface area contributed by atoms with Gasteiger partial charge in [0.1, 0.15) is 17.2 Å². The number of rotatable bonds is 5. The van der Waals surface area contributed by atoms with Crippen LogP contribution < -0.4 is 14.4 Å². The number of benzene rings is 3. The van der Waals surface area contributed by atoms with Crippen LogP contribution in [0.4, 0.5) is 5.69 Å². The van der Waals surface area contributed by atoms with Gasteiger partial charge in [-0.05, 0) is 48.6 Å². The van der Waals surface area contributed by atoms with Gasteiger partial charge in [-0.2, -0.15) is 0 Å². The minimum absolute atomic E-state index is 0. The molecule has 0 unspecified atom stereocenters. The molecule has 3 aromatic rings. The van der Waals surface area contributed by atoms with E-state index in [0.717, 1.165) is 47.2 Å². The zero-order valence-electron chi connectivity index (χ0n) is 17.1. The lowest BCUT2D eigenvalue weighted by Gasteiger charge is -2.18. The fourth-order valence-corrected chi connectivity index (χ4v) is 3.34. The number of methoxy groups -OCH3 is 1. The zero-order chi connectivity index (χ0) is 20.1. The second-order valence-corrected chi connectivity index (χ2v) is 6.85. The molecule has 4 nitrogen and oxygen atoms in total. The Morgan fingerprint density at radius 2 is 1.57 bits per heavy atom. The molecule has 0 atom stereocenters. The van der Waals surface area contributed by atoms with Crippen LogP contribution in [0.3, 0.4) is 0 Å². The van der Waals surface area contributed by atoms with E-state index in [1.807, 2.05) is 48.5 Å². The van der Waals surface area contributed by atoms with E-state index in [2.05, 4.69) is 48.4 Å². The first-order valence-corrected chi connectivity index (χ1v) is 9.68. The normalized spacial score (nSPS) is 13.1. The number of aliphatic imine (C=N–C) groups is 1. The van der Waals surface area contributed by atoms with E-state index in [4.69, 9.17) is 14.5 Å². The Labute approximate surface area is 183 Å². The molecule has 30 heavy (non-hydrogen) atoms. The Kier molecular flexibility index (Phi) is 7.15. The highest BCUT2D eigenvalue weighted by Gasteiger charge is 2.13. The van der Waals surface area contributed by atoms with Gasteiger partial charge in [0.2, 0.25) is 0 Å². The topological polar surface area (TPSA) is 34.1 Å². The summed E-state index contributed by atoms with van der Waals surface area (Å²) in [4.78, 5) is 7.05. The van der Waals surface area contributed by atoms with Crippen molar-refractivity contribution in [3.05, 3.63) is 90.0 Å². The highest BCUT2D eigenvalue weighted by molar-refractivity contribution is 6.14. The minimum Gasteiger partial charge on any atom is -0.497 e. The molecule has 1 aliphatic heterocycles. The molecule has 0 aromatic heterocycles. The molecular weight excluding hydrogens is 396 g/mol. The zero-order valence-corrected chi connectivity index (χ0v) is 17.9. The number of allylic oxidation sites excluding steroid dienone is 1. The van der Waals surface area contributed by atoms with Crippen LogP contribution in [-0.4, -0.2) is 33.0 Å². The standard InChI is InChI=1S/C25H24N2O2.ClH/c1-27-18-17-26-23(22-8-4-5-9-24(22)27)16-11-19-7-3-6-10-25(19)29-21-14-12-20(28-2)13-15-21;/h3-16H,17-18H2,1-2H3;1H/b16-11+;. The minimum atomic E-state index is 0. The van der Waals surface area contributed by atoms with Crippen molar-refractivity contribution in [1.82, 2.24) is 0 Å². The van der Waals surface area contributed by atoms with Crippen molar-refractivity contribution in [2.24, 2.45) is 4.99 Å². The van der Waals surface area contributed by atoms with E-state index in [-0.39, 0.29) is 12.4 Å². The molecule has 5 heteroatoms. The third-order valence-electron chi connectivity index (χ3n) is 4.94. The molecule has 0 bridgehead atoms. The molecule has 0 aliphatic carbocycles. The van der Waals surface area contributed by atoms with Crippen LogP contribution in [0.15, 0.2) is 83.9 Å². The second kappa shape index (κ2) is 9.99. The quantitative estimate of drug-likeness (QED) is 0.518. The molecule has 0 N–H and O–H groups in total. The lowest BCUT2D eigenvalue weighted by molar-refractivity contribution is 0.413. The van der Waals surface area contributed by atoms with Gasteiger partial charge >= 0.3 is 0 Å². The highest BCUT2D eigenvalue weighted by atomic mass is 35.5. The number of nitrogens with zero attached hydrogens (tertiary/aromatic N) is 2. The van der Waals surface area contributed by atoms with Crippen molar-refractivity contribution in [1.29, 1.82) is 0 Å². The van der Waals surface area contributed by atoms with E-state index in [1.165, 1.54) is 5.69 Å². The molecule has 154 valence electrons. The van der Waals surface area contributed by atoms with Crippen molar-refractivity contribution in [2.75, 3.05) is 32.1 Å². The van der Waals surface area contributed by atoms with Gasteiger partial charge in [-0.25, -0.2) is 0 Å². The van der Waals surface area contributed by atoms with Crippen molar-refractivity contribution in [3.63, 3.8) is 0 Å². The van der Waals surface area contributed by atoms with E-state index < -0.39 is 0 Å². The summed E-state index contributed by atoms with van der Waals surface area (Å²) >= 11 is 0. The fraction of sp³-hybridized carbons (Fsp3) is 0.160. The smallest absolute Gasteiger partial charge is 0.134 e. The monoisotopic (exact) mass is 420 g/mol. The maximum atomic E-state index is 6.11. The fourth-order valence-electron chi connectivity index (χ4n) is 3.34. The van der Waals surface area contributed by atoms with Gasteiger partial charge in [-0.15, -0.1) is 12.4 Å². The molecule has 0 amide bonds. The van der Waals surface area contributed by atoms with Gasteiger partial charge < -0.3 is 14.4 Å². The van der Waals surface area contributed by atoms with Crippen LogP contribution in [-0.2, 0) is 0 Å². The van der Waals surface area contributed by atoms with E-state index in [9.17, 15) is 0 Å². The predicted octanol–water partition coefficient (Wildman–Crippen LogP) is 5.86. The molecule has 4 rings (SSSR count). The van der Waals surface area contributed by atoms with E-state index in [0.29, 0.717) is 0 Å². The number of fused-ring (bicyclic) bond motifs is 1. The van der Waals surface area contributed by atoms with Crippen LogP contribution in [0.1, 0.15) is 11.1 Å². The number of para-hydroxylation sites is 2. The Bertz CT molecular complexity index is 1050. The number of hydrogen-bond donors (Lipinski definition) is 0. The van der Waals surface area contributed by atoms with Gasteiger partial charge in [0.05, 0.1) is 19.4 Å². The van der Waals surface area contributed by atoms with Gasteiger partial charge in [0.25, 0.3) is 0 Å². The summed E-state index contributed by atoms with van der Waals surface area (Å²) < 4.78 is 11.3. The van der Waals surface area contributed by atoms with Crippen molar-refractivity contribution < 1.29 is 9.47 Å². The first-order chi connectivity index (χ1) is 14.2. The lowest BCUT2D eigenvalue weighted by Crippen LogP contribution is -2.20. The van der Waals surface area contributed by atoms with Gasteiger partial charge in [0.15, 0.2) is 0 Å². The maximum Gasteiger partial charge on any atom is 0.134 e. The number of anilines is 1. The third-order valence-corrected chi connectivity index (χ3v) is 4.94. The molecule has 0 saturated heterocycles. The molecule has 0 fully saturated rings. The molecular formula is C25H25ClN2O2. The van der Waals surface area contributed by atoms with Gasteiger partial charge in [0, 0.05) is 30.4 Å². The summed E-state index contributed by atoms with van der Waals surface area (Å²) in [5.41, 5.74) is 4.35. The number of hydrogen-bond acceptors (Lipinski definition) is 4. The van der Waals surface area contributed by atoms with E-state index >= 15 is 0 Å². The molecule has 1 aliphatic rings. The van der Waals surface area contributed by atoms with Crippen LogP contribution in [0.5, 0.6) is 17.2 Å². The predicted molar refractivity (Wildman–Crippen MR) is 127 cm³/mol. The van der Waals surface area contributed by atoms with Crippen LogP contribution in [0.25, 0.3) is 6.08 Å². The summed E-state index contributed by atoms with van der Waals surface area (Å²) in [6, 6.07) is 24.0. The first-order valence-electron chi connectivity index (χ1n) is 9.68. The van der Waals surface area contributed by atoms with Crippen molar-refractivity contribution in [3.8, 4) is 17.2 Å². The highest BCUT2D eigenvalue weighted by Crippen LogP contribution is 2.28. The number of likely N-dealkylation sites (N-methyl/N-ethyl adjacent to an activating group) is 1. The Balaban J connectivity index is 0.00000256. The van der Waals surface area contributed by atoms with Gasteiger partial charge in [-0.1, -0.05) is 36.4 Å². The first kappa shape index (κ1) is 21.5. The van der Waals surface area contributed by atoms with Crippen LogP contribution in [0.2, 0.25) is 0 Å². The molecule has 0 radical (unpaired) electrons. The average Bonchev–Trinajstić information content (AvgIpc) is 2.93. The Hall–Kier alpha value is -3.24. The van der Waals surface area contributed by atoms with E-state index in [1.54, 1.807) is 7.11 Å². The lowest BCUT2D eigenvalue weighted by atomic mass is 10.1. The van der Waals surface area contributed by atoms with Crippen molar-refractivity contribution >= 4 is 29.9 Å². The number of halogens is 1. The molecule has 0 spiro atoms. The molecule has 0 saturated carbocycles. The summed E-state index contributed by atoms with van der Waals surface area (Å²) in [6.07, 6.45) is 4.15. The van der Waals surface area contributed by atoms with Crippen LogP contribution >= 0.6 is 12.4 Å². The van der Waals surface area contributed by atoms with Crippen LogP contribution in [0, 0.1) is 0 Å². The summed E-state index contributed by atoms with van der Waals surface area (Å²) in [6.45, 7) is 1.68. The summed E-state index contributed by atoms with van der Waals surface area (Å²) in [5, 5.41) is 0. The van der Waals surface area contributed by atoms with Crippen molar-refractivity contribution in [2.45, 2.75) is 0 Å². The third kappa shape index (κ3) is 4.84. The SMILES string of the molecule is COc1ccc(Oc2ccccc2/C=C/C2=NCCN(C)c3ccccc32)cc1.Cl. The summed E-state index contributed by atoms with van der Waals surface area (Å²) in [5.74, 6) is 2.37. The number of ether oxygens (including phenoxy) is 2. The molecule has 1 heterocycles. The average molecular weight is 421 g/mol. The second-order valence-electron chi connectivity index (χ2n) is 6.85. The van der Waals surface area contributed by atoms with Gasteiger partial charge in [-0.3, -0.25) is 4.99 Å². The Morgan fingerprint density at radius 1 is 0.867 bits per heavy atom. The largest absolute Gasteiger partial charge is 0.497 e. The summed E-state index contributed by atoms with van der Waals surface area (Å²) in [7, 11) is 3.76. The molecule has 3 aromatic carbocycles.